The maximum atomic E-state index is 11.0. The van der Waals surface area contributed by atoms with Gasteiger partial charge in [0.2, 0.25) is 0 Å². The van der Waals surface area contributed by atoms with E-state index in [9.17, 15) is 4.79 Å². The van der Waals surface area contributed by atoms with Crippen LogP contribution in [-0.4, -0.2) is 33.2 Å². The minimum atomic E-state index is -1.43. The van der Waals surface area contributed by atoms with Crippen LogP contribution in [0.3, 0.4) is 0 Å². The summed E-state index contributed by atoms with van der Waals surface area (Å²) in [6.07, 6.45) is 1.99. The molecular formula is C14H26O4Si. The van der Waals surface area contributed by atoms with Gasteiger partial charge in [-0.3, -0.25) is 0 Å². The number of hydrogen-bond donors (Lipinski definition) is 0. The highest BCUT2D eigenvalue weighted by Gasteiger charge is 2.42. The molecular weight excluding hydrogens is 260 g/mol. The molecule has 0 aliphatic carbocycles. The monoisotopic (exact) mass is 286 g/mol. The second-order valence-corrected chi connectivity index (χ2v) is 11.9. The second-order valence-electron chi connectivity index (χ2n) is 6.59. The van der Waals surface area contributed by atoms with Gasteiger partial charge in [0.25, 0.3) is 5.79 Å². The van der Waals surface area contributed by atoms with Gasteiger partial charge in [-0.05, 0) is 5.04 Å². The lowest BCUT2D eigenvalue weighted by molar-refractivity contribution is -0.173. The Balaban J connectivity index is 2.52. The Morgan fingerprint density at radius 1 is 1.42 bits per heavy atom. The highest BCUT2D eigenvalue weighted by Crippen LogP contribution is 2.36. The fraction of sp³-hybridized carbons (Fsp3) is 0.786. The maximum Gasteiger partial charge on any atom is 0.511 e. The Hall–Kier alpha value is -0.813. The average molecular weight is 286 g/mol. The van der Waals surface area contributed by atoms with Crippen molar-refractivity contribution in [3.63, 3.8) is 0 Å². The van der Waals surface area contributed by atoms with Gasteiger partial charge < -0.3 is 14.2 Å². The Morgan fingerprint density at radius 2 is 2.05 bits per heavy atom. The third-order valence-corrected chi connectivity index (χ3v) is 9.06. The lowest BCUT2D eigenvalue weighted by Gasteiger charge is -2.34. The SMILES string of the molecule is CCC1(OC/C=C/[Si](C)(C)C(C)(C)C)COC(=O)O1. The van der Waals surface area contributed by atoms with Crippen LogP contribution in [0.1, 0.15) is 34.1 Å². The van der Waals surface area contributed by atoms with Crippen molar-refractivity contribution in [3.05, 3.63) is 11.8 Å². The molecule has 1 saturated heterocycles. The van der Waals surface area contributed by atoms with Crippen LogP contribution in [0.5, 0.6) is 0 Å². The minimum Gasteiger partial charge on any atom is -0.427 e. The summed E-state index contributed by atoms with van der Waals surface area (Å²) in [5.41, 5.74) is 2.29. The molecule has 1 heterocycles. The number of ether oxygens (including phenoxy) is 3. The fourth-order valence-corrected chi connectivity index (χ4v) is 2.71. The van der Waals surface area contributed by atoms with Crippen LogP contribution >= 0.6 is 0 Å². The van der Waals surface area contributed by atoms with E-state index in [1.165, 1.54) is 0 Å². The lowest BCUT2D eigenvalue weighted by Crippen LogP contribution is -2.36. The molecule has 0 N–H and O–H groups in total. The van der Waals surface area contributed by atoms with E-state index in [1.54, 1.807) is 0 Å². The number of rotatable bonds is 5. The highest BCUT2D eigenvalue weighted by molar-refractivity contribution is 6.84. The summed E-state index contributed by atoms with van der Waals surface area (Å²) in [7, 11) is -1.43. The van der Waals surface area contributed by atoms with Crippen LogP contribution in [0.25, 0.3) is 0 Å². The van der Waals surface area contributed by atoms with Crippen molar-refractivity contribution in [2.75, 3.05) is 13.2 Å². The van der Waals surface area contributed by atoms with Gasteiger partial charge in [0.05, 0.1) is 14.7 Å². The molecule has 0 aromatic rings. The van der Waals surface area contributed by atoms with E-state index in [2.05, 4.69) is 39.6 Å². The minimum absolute atomic E-state index is 0.177. The molecule has 1 atom stereocenters. The van der Waals surface area contributed by atoms with E-state index in [0.29, 0.717) is 18.1 Å². The van der Waals surface area contributed by atoms with Gasteiger partial charge in [-0.25, -0.2) is 4.79 Å². The average Bonchev–Trinajstić information content (AvgIpc) is 2.66. The summed E-state index contributed by atoms with van der Waals surface area (Å²) in [6, 6.07) is 0. The topological polar surface area (TPSA) is 44.8 Å². The molecule has 0 spiro atoms. The van der Waals surface area contributed by atoms with E-state index in [0.717, 1.165) is 0 Å². The molecule has 0 aromatic heterocycles. The normalized spacial score (nSPS) is 24.6. The van der Waals surface area contributed by atoms with Gasteiger partial charge in [0, 0.05) is 6.42 Å². The van der Waals surface area contributed by atoms with E-state index >= 15 is 0 Å². The predicted octanol–water partition coefficient (Wildman–Crippen LogP) is 3.88. The molecule has 0 aromatic carbocycles. The quantitative estimate of drug-likeness (QED) is 0.568. The first-order valence-electron chi connectivity index (χ1n) is 6.79. The van der Waals surface area contributed by atoms with E-state index < -0.39 is 20.0 Å². The summed E-state index contributed by atoms with van der Waals surface area (Å²) in [6.45, 7) is 14.0. The molecule has 4 nitrogen and oxygen atoms in total. The molecule has 1 fully saturated rings. The second kappa shape index (κ2) is 5.67. The Labute approximate surface area is 117 Å². The molecule has 1 aliphatic rings. The number of carbonyl (C=O) groups is 1. The van der Waals surface area contributed by atoms with Crippen LogP contribution in [0.2, 0.25) is 18.1 Å². The zero-order valence-corrected chi connectivity index (χ0v) is 13.9. The largest absolute Gasteiger partial charge is 0.511 e. The van der Waals surface area contributed by atoms with Crippen molar-refractivity contribution in [1.29, 1.82) is 0 Å². The first-order chi connectivity index (χ1) is 8.62. The van der Waals surface area contributed by atoms with E-state index in [-0.39, 0.29) is 6.61 Å². The van der Waals surface area contributed by atoms with Crippen LogP contribution in [0, 0.1) is 0 Å². The van der Waals surface area contributed by atoms with E-state index in [1.807, 2.05) is 13.0 Å². The van der Waals surface area contributed by atoms with Gasteiger partial charge in [-0.2, -0.15) is 0 Å². The van der Waals surface area contributed by atoms with Crippen LogP contribution in [0.15, 0.2) is 11.8 Å². The zero-order chi connectivity index (χ0) is 14.7. The first-order valence-corrected chi connectivity index (χ1v) is 9.87. The van der Waals surface area contributed by atoms with Crippen molar-refractivity contribution in [2.45, 2.75) is 58.0 Å². The molecule has 1 aliphatic heterocycles. The molecule has 19 heavy (non-hydrogen) atoms. The molecule has 0 radical (unpaired) electrons. The Kier molecular flexibility index (Phi) is 4.85. The van der Waals surface area contributed by atoms with Gasteiger partial charge in [-0.15, -0.1) is 0 Å². The molecule has 0 amide bonds. The summed E-state index contributed by atoms with van der Waals surface area (Å²) < 4.78 is 15.6. The van der Waals surface area contributed by atoms with Crippen LogP contribution in [0.4, 0.5) is 4.79 Å². The van der Waals surface area contributed by atoms with Crippen molar-refractivity contribution >= 4 is 14.2 Å². The molecule has 5 heteroatoms. The van der Waals surface area contributed by atoms with Crippen molar-refractivity contribution < 1.29 is 19.0 Å². The summed E-state index contributed by atoms with van der Waals surface area (Å²) in [5, 5.41) is 0.314. The summed E-state index contributed by atoms with van der Waals surface area (Å²) >= 11 is 0. The Bertz CT molecular complexity index is 357. The zero-order valence-electron chi connectivity index (χ0n) is 12.9. The van der Waals surface area contributed by atoms with Crippen molar-refractivity contribution in [3.8, 4) is 0 Å². The first kappa shape index (κ1) is 16.2. The van der Waals surface area contributed by atoms with E-state index in [4.69, 9.17) is 14.2 Å². The van der Waals surface area contributed by atoms with Crippen LogP contribution < -0.4 is 0 Å². The van der Waals surface area contributed by atoms with Gasteiger partial charge in [0.15, 0.2) is 6.61 Å². The molecule has 0 bridgehead atoms. The number of hydrogen-bond acceptors (Lipinski definition) is 4. The third-order valence-electron chi connectivity index (χ3n) is 4.13. The highest BCUT2D eigenvalue weighted by atomic mass is 28.3. The Morgan fingerprint density at radius 3 is 2.47 bits per heavy atom. The summed E-state index contributed by atoms with van der Waals surface area (Å²) in [4.78, 5) is 11.0. The predicted molar refractivity (Wildman–Crippen MR) is 77.7 cm³/mol. The molecule has 0 saturated carbocycles. The molecule has 1 unspecified atom stereocenters. The third kappa shape index (κ3) is 4.08. The number of carbonyl (C=O) groups excluding carboxylic acids is 1. The summed E-state index contributed by atoms with van der Waals surface area (Å²) in [5.74, 6) is -0.894. The molecule has 1 rings (SSSR count). The van der Waals surface area contributed by atoms with Crippen molar-refractivity contribution in [2.24, 2.45) is 0 Å². The maximum absolute atomic E-state index is 11.0. The van der Waals surface area contributed by atoms with Crippen molar-refractivity contribution in [1.82, 2.24) is 0 Å². The van der Waals surface area contributed by atoms with Crippen LogP contribution in [-0.2, 0) is 14.2 Å². The fourth-order valence-electron chi connectivity index (χ4n) is 1.52. The lowest BCUT2D eigenvalue weighted by atomic mass is 10.2. The van der Waals surface area contributed by atoms with Gasteiger partial charge in [-0.1, -0.05) is 52.6 Å². The number of cyclic esters (lactones) is 2. The molecule has 110 valence electrons. The van der Waals surface area contributed by atoms with Gasteiger partial charge >= 0.3 is 6.16 Å². The smallest absolute Gasteiger partial charge is 0.427 e. The standard InChI is InChI=1S/C14H26O4Si/c1-7-14(11-16-12(15)18-14)17-9-8-10-19(5,6)13(2,3)4/h8,10H,7,9,11H2,1-6H3/b10-8+. The van der Waals surface area contributed by atoms with Gasteiger partial charge in [0.1, 0.15) is 0 Å².